The summed E-state index contributed by atoms with van der Waals surface area (Å²) in [5.41, 5.74) is 0.399. The normalized spacial score (nSPS) is 16.8. The molecule has 0 N–H and O–H groups in total. The van der Waals surface area contributed by atoms with E-state index < -0.39 is 5.82 Å². The highest BCUT2D eigenvalue weighted by molar-refractivity contribution is 8.45. The Balaban J connectivity index is 2.30. The highest BCUT2D eigenvalue weighted by Crippen LogP contribution is 2.32. The van der Waals surface area contributed by atoms with Crippen molar-refractivity contribution in [2.75, 3.05) is 5.75 Å². The summed E-state index contributed by atoms with van der Waals surface area (Å²) < 4.78 is 14.3. The van der Waals surface area contributed by atoms with Crippen molar-refractivity contribution in [2.24, 2.45) is 4.99 Å². The number of hydrogen-bond acceptors (Lipinski definition) is 4. The third kappa shape index (κ3) is 3.49. The first kappa shape index (κ1) is 14.4. The number of thioether (sulfide) groups is 2. The van der Waals surface area contributed by atoms with Gasteiger partial charge < -0.3 is 0 Å². The lowest BCUT2D eigenvalue weighted by Crippen LogP contribution is -1.90. The fourth-order valence-corrected chi connectivity index (χ4v) is 3.19. The Morgan fingerprint density at radius 3 is 3.00 bits per heavy atom. The summed E-state index contributed by atoms with van der Waals surface area (Å²) in [7, 11) is 0. The lowest BCUT2D eigenvalue weighted by Gasteiger charge is -1.99. The molecule has 98 valence electrons. The van der Waals surface area contributed by atoms with E-state index in [1.807, 2.05) is 0 Å². The van der Waals surface area contributed by atoms with E-state index in [1.54, 1.807) is 12.1 Å². The second kappa shape index (κ2) is 6.41. The van der Waals surface area contributed by atoms with Crippen LogP contribution in [0.4, 0.5) is 4.39 Å². The SMILES string of the molecule is C=CCSC1=N/C(=C/c2c(F)cccc2Cl)C(=O)S1. The number of nitrogens with zero attached hydrogens (tertiary/aromatic N) is 1. The minimum absolute atomic E-state index is 0.187. The molecule has 1 aromatic rings. The van der Waals surface area contributed by atoms with Gasteiger partial charge in [0.1, 0.15) is 15.9 Å². The molecule has 0 amide bonds. The van der Waals surface area contributed by atoms with Crippen LogP contribution in [0, 0.1) is 5.82 Å². The van der Waals surface area contributed by atoms with Gasteiger partial charge in [-0.3, -0.25) is 4.79 Å². The molecule has 0 saturated carbocycles. The van der Waals surface area contributed by atoms with Crippen LogP contribution in [0.1, 0.15) is 5.56 Å². The molecule has 0 aliphatic carbocycles. The van der Waals surface area contributed by atoms with Crippen molar-refractivity contribution >= 4 is 50.7 Å². The highest BCUT2D eigenvalue weighted by Gasteiger charge is 2.22. The number of aliphatic imine (C=N–C) groups is 1. The quantitative estimate of drug-likeness (QED) is 0.613. The first-order chi connectivity index (χ1) is 9.11. The maximum atomic E-state index is 13.6. The zero-order valence-electron chi connectivity index (χ0n) is 9.73. The first-order valence-corrected chi connectivity index (χ1v) is 7.50. The number of carbonyl (C=O) groups excluding carboxylic acids is 1. The molecule has 0 spiro atoms. The summed E-state index contributed by atoms with van der Waals surface area (Å²) in [6.45, 7) is 3.60. The van der Waals surface area contributed by atoms with E-state index in [0.717, 1.165) is 11.8 Å². The van der Waals surface area contributed by atoms with Crippen molar-refractivity contribution in [3.05, 3.63) is 53.0 Å². The second-order valence-electron chi connectivity index (χ2n) is 3.53. The molecule has 0 bridgehead atoms. The van der Waals surface area contributed by atoms with Crippen LogP contribution in [-0.4, -0.2) is 15.2 Å². The molecule has 0 radical (unpaired) electrons. The Hall–Kier alpha value is -1.04. The van der Waals surface area contributed by atoms with Crippen molar-refractivity contribution < 1.29 is 9.18 Å². The van der Waals surface area contributed by atoms with E-state index in [-0.39, 0.29) is 21.4 Å². The molecule has 0 unspecified atom stereocenters. The van der Waals surface area contributed by atoms with E-state index in [9.17, 15) is 9.18 Å². The van der Waals surface area contributed by atoms with Crippen molar-refractivity contribution in [3.63, 3.8) is 0 Å². The molecule has 6 heteroatoms. The maximum absolute atomic E-state index is 13.6. The molecule has 0 fully saturated rings. The molecular formula is C13H9ClFNOS2. The zero-order chi connectivity index (χ0) is 13.8. The number of halogens is 2. The van der Waals surface area contributed by atoms with Gasteiger partial charge >= 0.3 is 0 Å². The fourth-order valence-electron chi connectivity index (χ4n) is 1.37. The summed E-state index contributed by atoms with van der Waals surface area (Å²) in [5, 5.41) is 0.0542. The smallest absolute Gasteiger partial charge is 0.244 e. The largest absolute Gasteiger partial charge is 0.279 e. The number of carbonyl (C=O) groups is 1. The lowest BCUT2D eigenvalue weighted by molar-refractivity contribution is -0.107. The molecule has 2 rings (SSSR count). The third-order valence-electron chi connectivity index (χ3n) is 2.21. The Morgan fingerprint density at radius 2 is 2.32 bits per heavy atom. The van der Waals surface area contributed by atoms with Crippen LogP contribution < -0.4 is 0 Å². The highest BCUT2D eigenvalue weighted by atomic mass is 35.5. The van der Waals surface area contributed by atoms with Crippen LogP contribution >= 0.6 is 35.1 Å². The fraction of sp³-hybridized carbons (Fsp3) is 0.0769. The van der Waals surface area contributed by atoms with Gasteiger partial charge in [-0.05, 0) is 30.0 Å². The summed E-state index contributed by atoms with van der Waals surface area (Å²) in [4.78, 5) is 15.9. The molecule has 1 heterocycles. The molecular weight excluding hydrogens is 305 g/mol. The first-order valence-electron chi connectivity index (χ1n) is 5.32. The molecule has 2 nitrogen and oxygen atoms in total. The van der Waals surface area contributed by atoms with E-state index in [4.69, 9.17) is 11.6 Å². The minimum atomic E-state index is -0.472. The monoisotopic (exact) mass is 313 g/mol. The summed E-state index contributed by atoms with van der Waals surface area (Å²) >= 11 is 8.36. The van der Waals surface area contributed by atoms with Crippen LogP contribution in [0.2, 0.25) is 5.02 Å². The van der Waals surface area contributed by atoms with Gasteiger partial charge in [-0.25, -0.2) is 9.38 Å². The van der Waals surface area contributed by atoms with Gasteiger partial charge in [-0.1, -0.05) is 35.5 Å². The molecule has 1 aromatic carbocycles. The van der Waals surface area contributed by atoms with Gasteiger partial charge in [0, 0.05) is 11.3 Å². The van der Waals surface area contributed by atoms with Crippen molar-refractivity contribution in [1.82, 2.24) is 0 Å². The molecule has 19 heavy (non-hydrogen) atoms. The van der Waals surface area contributed by atoms with E-state index in [1.165, 1.54) is 30.0 Å². The van der Waals surface area contributed by atoms with Gasteiger partial charge in [0.2, 0.25) is 5.12 Å². The number of hydrogen-bond donors (Lipinski definition) is 0. The van der Waals surface area contributed by atoms with Crippen molar-refractivity contribution in [2.45, 2.75) is 0 Å². The third-order valence-corrected chi connectivity index (χ3v) is 4.54. The zero-order valence-corrected chi connectivity index (χ0v) is 12.1. The van der Waals surface area contributed by atoms with Gasteiger partial charge in [0.25, 0.3) is 0 Å². The predicted molar refractivity (Wildman–Crippen MR) is 82.1 cm³/mol. The van der Waals surface area contributed by atoms with E-state index in [0.29, 0.717) is 10.1 Å². The lowest BCUT2D eigenvalue weighted by atomic mass is 10.2. The Kier molecular flexibility index (Phi) is 4.85. The van der Waals surface area contributed by atoms with Gasteiger partial charge in [-0.15, -0.1) is 6.58 Å². The molecule has 1 aliphatic rings. The second-order valence-corrected chi connectivity index (χ2v) is 6.17. The predicted octanol–water partition coefficient (Wildman–Crippen LogP) is 4.37. The van der Waals surface area contributed by atoms with Crippen molar-refractivity contribution in [1.29, 1.82) is 0 Å². The summed E-state index contributed by atoms with van der Waals surface area (Å²) in [5.74, 6) is 0.201. The van der Waals surface area contributed by atoms with Crippen molar-refractivity contribution in [3.8, 4) is 0 Å². The Labute approximate surface area is 123 Å². The Morgan fingerprint density at radius 1 is 1.53 bits per heavy atom. The van der Waals surface area contributed by atoms with Gasteiger partial charge in [0.15, 0.2) is 0 Å². The van der Waals surface area contributed by atoms with Gasteiger partial charge in [0.05, 0.1) is 5.02 Å². The van der Waals surface area contributed by atoms with Crippen LogP contribution in [-0.2, 0) is 4.79 Å². The average Bonchev–Trinajstić information content (AvgIpc) is 2.72. The molecule has 0 aromatic heterocycles. The van der Waals surface area contributed by atoms with Crippen LogP contribution in [0.25, 0.3) is 6.08 Å². The van der Waals surface area contributed by atoms with Crippen LogP contribution in [0.15, 0.2) is 41.5 Å². The van der Waals surface area contributed by atoms with E-state index in [2.05, 4.69) is 11.6 Å². The summed E-state index contributed by atoms with van der Waals surface area (Å²) in [6.07, 6.45) is 3.11. The van der Waals surface area contributed by atoms with Crippen LogP contribution in [0.5, 0.6) is 0 Å². The maximum Gasteiger partial charge on any atom is 0.244 e. The van der Waals surface area contributed by atoms with Crippen LogP contribution in [0.3, 0.4) is 0 Å². The number of benzene rings is 1. The minimum Gasteiger partial charge on any atom is -0.279 e. The Bertz CT molecular complexity index is 578. The van der Waals surface area contributed by atoms with Gasteiger partial charge in [-0.2, -0.15) is 0 Å². The topological polar surface area (TPSA) is 29.4 Å². The average molecular weight is 314 g/mol. The summed E-state index contributed by atoms with van der Waals surface area (Å²) in [6, 6.07) is 4.38. The molecule has 0 atom stereocenters. The molecule has 0 saturated heterocycles. The van der Waals surface area contributed by atoms with E-state index >= 15 is 0 Å². The molecule has 1 aliphatic heterocycles. The number of rotatable bonds is 3. The standard InChI is InChI=1S/C13H9ClFNOS2/c1-2-6-18-13-16-11(12(17)19-13)7-8-9(14)4-3-5-10(8)15/h2-5,7H,1,6H2/b11-7+.